The maximum atomic E-state index is 13.0. The number of aromatic nitrogens is 3. The molecule has 28 heavy (non-hydrogen) atoms. The maximum absolute atomic E-state index is 13.0. The van der Waals surface area contributed by atoms with Gasteiger partial charge in [-0.1, -0.05) is 36.3 Å². The monoisotopic (exact) mass is 369 g/mol. The average molecular weight is 369 g/mol. The lowest BCUT2D eigenvalue weighted by atomic mass is 10.2. The summed E-state index contributed by atoms with van der Waals surface area (Å²) in [4.78, 5) is 13.3. The molecule has 0 unspecified atom stereocenters. The number of ether oxygens (including phenoxy) is 1. The molecule has 0 aliphatic carbocycles. The van der Waals surface area contributed by atoms with E-state index in [2.05, 4.69) is 26.8 Å². The lowest BCUT2D eigenvalue weighted by Crippen LogP contribution is -2.06. The molecule has 0 aliphatic heterocycles. The Labute approximate surface area is 162 Å². The van der Waals surface area contributed by atoms with Crippen molar-refractivity contribution in [3.05, 3.63) is 95.6 Å². The molecule has 0 radical (unpaired) electrons. The van der Waals surface area contributed by atoms with Gasteiger partial charge in [0.15, 0.2) is 11.3 Å². The van der Waals surface area contributed by atoms with Gasteiger partial charge in [0.1, 0.15) is 11.3 Å². The molecule has 0 saturated carbocycles. The van der Waals surface area contributed by atoms with Gasteiger partial charge < -0.3 is 4.74 Å². The molecule has 0 saturated heterocycles. The Morgan fingerprint density at radius 3 is 2.50 bits per heavy atom. The van der Waals surface area contributed by atoms with Crippen molar-refractivity contribution >= 4 is 11.2 Å². The summed E-state index contributed by atoms with van der Waals surface area (Å²) >= 11 is 0. The average Bonchev–Trinajstić information content (AvgIpc) is 2.74. The van der Waals surface area contributed by atoms with E-state index in [0.717, 1.165) is 11.1 Å². The van der Waals surface area contributed by atoms with Crippen molar-refractivity contribution in [2.75, 3.05) is 6.61 Å². The van der Waals surface area contributed by atoms with Gasteiger partial charge in [-0.2, -0.15) is 0 Å². The van der Waals surface area contributed by atoms with Crippen molar-refractivity contribution in [3.63, 3.8) is 0 Å². The third-order valence-electron chi connectivity index (χ3n) is 4.05. The Balaban J connectivity index is 1.59. The van der Waals surface area contributed by atoms with Gasteiger partial charge in [-0.15, -0.1) is 0 Å². The number of hydrogen-bond donors (Lipinski definition) is 0. The summed E-state index contributed by atoms with van der Waals surface area (Å²) in [7, 11) is 0. The molecule has 0 atom stereocenters. The van der Waals surface area contributed by atoms with Gasteiger partial charge in [0, 0.05) is 18.2 Å². The molecule has 4 nitrogen and oxygen atoms in total. The minimum Gasteiger partial charge on any atom is -0.475 e. The summed E-state index contributed by atoms with van der Waals surface area (Å²) in [5.41, 5.74) is 3.46. The van der Waals surface area contributed by atoms with E-state index in [0.29, 0.717) is 35.8 Å². The highest BCUT2D eigenvalue weighted by Crippen LogP contribution is 2.17. The van der Waals surface area contributed by atoms with E-state index in [-0.39, 0.29) is 5.82 Å². The topological polar surface area (TPSA) is 47.9 Å². The molecular weight excluding hydrogens is 353 g/mol. The van der Waals surface area contributed by atoms with Gasteiger partial charge in [-0.3, -0.25) is 0 Å². The van der Waals surface area contributed by atoms with E-state index >= 15 is 0 Å². The van der Waals surface area contributed by atoms with Crippen LogP contribution in [0, 0.1) is 17.7 Å². The largest absolute Gasteiger partial charge is 0.475 e. The highest BCUT2D eigenvalue weighted by molar-refractivity contribution is 5.71. The van der Waals surface area contributed by atoms with Crippen molar-refractivity contribution in [1.29, 1.82) is 0 Å². The lowest BCUT2D eigenvalue weighted by Gasteiger charge is -2.08. The number of hydrogen-bond acceptors (Lipinski definition) is 4. The summed E-state index contributed by atoms with van der Waals surface area (Å²) in [6.45, 7) is 0.381. The number of pyridine rings is 1. The van der Waals surface area contributed by atoms with Gasteiger partial charge in [-0.25, -0.2) is 19.3 Å². The molecule has 5 heteroatoms. The molecule has 0 spiro atoms. The number of nitrogens with zero attached hydrogens (tertiary/aromatic N) is 3. The number of fused-ring (bicyclic) bond motifs is 1. The Morgan fingerprint density at radius 1 is 0.857 bits per heavy atom. The van der Waals surface area contributed by atoms with Crippen LogP contribution in [0.5, 0.6) is 5.88 Å². The number of halogens is 1. The number of rotatable bonds is 4. The molecule has 0 bridgehead atoms. The zero-order valence-corrected chi connectivity index (χ0v) is 15.0. The van der Waals surface area contributed by atoms with Crippen molar-refractivity contribution in [2.24, 2.45) is 0 Å². The SMILES string of the molecule is Fc1ccc(CCOc2nc3cccnc3nc2C#Cc2ccccc2)cc1. The molecule has 0 N–H and O–H groups in total. The summed E-state index contributed by atoms with van der Waals surface area (Å²) in [6.07, 6.45) is 2.29. The summed E-state index contributed by atoms with van der Waals surface area (Å²) in [5, 5.41) is 0. The molecule has 0 amide bonds. The van der Waals surface area contributed by atoms with Crippen molar-refractivity contribution in [2.45, 2.75) is 6.42 Å². The van der Waals surface area contributed by atoms with Gasteiger partial charge in [0.2, 0.25) is 5.88 Å². The van der Waals surface area contributed by atoms with Crippen LogP contribution < -0.4 is 4.74 Å². The van der Waals surface area contributed by atoms with Crippen LogP contribution in [0.25, 0.3) is 11.2 Å². The van der Waals surface area contributed by atoms with E-state index in [1.54, 1.807) is 24.4 Å². The van der Waals surface area contributed by atoms with E-state index in [4.69, 9.17) is 4.74 Å². The summed E-state index contributed by atoms with van der Waals surface area (Å²) in [6, 6.07) is 19.6. The first kappa shape index (κ1) is 17.6. The van der Waals surface area contributed by atoms with E-state index < -0.39 is 0 Å². The Kier molecular flexibility index (Phi) is 5.21. The maximum Gasteiger partial charge on any atom is 0.249 e. The van der Waals surface area contributed by atoms with Crippen LogP contribution in [0.1, 0.15) is 16.8 Å². The fourth-order valence-electron chi connectivity index (χ4n) is 2.63. The van der Waals surface area contributed by atoms with Crippen LogP contribution in [0.4, 0.5) is 4.39 Å². The smallest absolute Gasteiger partial charge is 0.249 e. The van der Waals surface area contributed by atoms with Gasteiger partial charge in [0.25, 0.3) is 0 Å². The molecule has 0 aliphatic rings. The van der Waals surface area contributed by atoms with Crippen LogP contribution in [0.3, 0.4) is 0 Å². The van der Waals surface area contributed by atoms with Crippen LogP contribution >= 0.6 is 0 Å². The molecule has 4 rings (SSSR count). The quantitative estimate of drug-likeness (QED) is 0.506. The minimum absolute atomic E-state index is 0.254. The molecule has 2 aromatic heterocycles. The second-order valence-corrected chi connectivity index (χ2v) is 6.06. The summed E-state index contributed by atoms with van der Waals surface area (Å²) in [5.74, 6) is 6.23. The van der Waals surface area contributed by atoms with Gasteiger partial charge in [-0.05, 0) is 47.9 Å². The van der Waals surface area contributed by atoms with Crippen LogP contribution in [0.15, 0.2) is 72.9 Å². The second-order valence-electron chi connectivity index (χ2n) is 6.06. The molecule has 0 fully saturated rings. The second kappa shape index (κ2) is 8.28. The Hall–Kier alpha value is -3.78. The Bertz CT molecular complexity index is 1150. The Morgan fingerprint density at radius 2 is 1.68 bits per heavy atom. The first-order chi connectivity index (χ1) is 13.8. The van der Waals surface area contributed by atoms with Crippen molar-refractivity contribution in [1.82, 2.24) is 15.0 Å². The van der Waals surface area contributed by atoms with Crippen LogP contribution in [-0.2, 0) is 6.42 Å². The molecule has 136 valence electrons. The fourth-order valence-corrected chi connectivity index (χ4v) is 2.63. The highest BCUT2D eigenvalue weighted by Gasteiger charge is 2.09. The van der Waals surface area contributed by atoms with Crippen LogP contribution in [0.2, 0.25) is 0 Å². The lowest BCUT2D eigenvalue weighted by molar-refractivity contribution is 0.308. The summed E-state index contributed by atoms with van der Waals surface area (Å²) < 4.78 is 18.9. The minimum atomic E-state index is -0.254. The van der Waals surface area contributed by atoms with Crippen molar-refractivity contribution < 1.29 is 9.13 Å². The highest BCUT2D eigenvalue weighted by atomic mass is 19.1. The predicted molar refractivity (Wildman–Crippen MR) is 105 cm³/mol. The number of benzene rings is 2. The third kappa shape index (κ3) is 4.30. The standard InChI is InChI=1S/C23H16FN3O/c24-19-11-8-18(9-12-19)14-16-28-23-21(13-10-17-5-2-1-3-6-17)26-22-20(27-23)7-4-15-25-22/h1-9,11-12,15H,14,16H2. The third-order valence-corrected chi connectivity index (χ3v) is 4.05. The first-order valence-corrected chi connectivity index (χ1v) is 8.85. The molecule has 4 aromatic rings. The fraction of sp³-hybridized carbons (Fsp3) is 0.0870. The predicted octanol–water partition coefficient (Wildman–Crippen LogP) is 4.19. The molecule has 2 heterocycles. The zero-order valence-electron chi connectivity index (χ0n) is 15.0. The van der Waals surface area contributed by atoms with Gasteiger partial charge in [0.05, 0.1) is 6.61 Å². The van der Waals surface area contributed by atoms with E-state index in [1.807, 2.05) is 36.4 Å². The van der Waals surface area contributed by atoms with E-state index in [1.165, 1.54) is 12.1 Å². The first-order valence-electron chi connectivity index (χ1n) is 8.85. The van der Waals surface area contributed by atoms with Crippen LogP contribution in [-0.4, -0.2) is 21.6 Å². The van der Waals surface area contributed by atoms with Crippen molar-refractivity contribution in [3.8, 4) is 17.7 Å². The molecular formula is C23H16FN3O. The zero-order chi connectivity index (χ0) is 19.2. The van der Waals surface area contributed by atoms with Gasteiger partial charge >= 0.3 is 0 Å². The normalized spacial score (nSPS) is 10.3. The molecule has 2 aromatic carbocycles. The van der Waals surface area contributed by atoms with E-state index in [9.17, 15) is 4.39 Å².